The number of amides is 2. The third kappa shape index (κ3) is 4.20. The number of benzene rings is 2. The summed E-state index contributed by atoms with van der Waals surface area (Å²) in [6.07, 6.45) is 5.06. The van der Waals surface area contributed by atoms with Crippen molar-refractivity contribution in [2.45, 2.75) is 12.8 Å². The number of thiazole rings is 1. The first kappa shape index (κ1) is 18.2. The Kier molecular flexibility index (Phi) is 5.34. The number of rotatable bonds is 4. The number of nitrogens with one attached hydrogen (secondary N) is 2. The Bertz CT molecular complexity index is 1010. The Morgan fingerprint density at radius 3 is 2.82 bits per heavy atom. The van der Waals surface area contributed by atoms with E-state index < -0.39 is 5.91 Å². The zero-order valence-corrected chi connectivity index (χ0v) is 16.0. The molecular weight excluding hydrogens is 372 g/mol. The normalized spacial score (nSPS) is 13.5. The van der Waals surface area contributed by atoms with Crippen LogP contribution in [0.15, 0.2) is 54.6 Å². The van der Waals surface area contributed by atoms with E-state index in [0.29, 0.717) is 0 Å². The van der Waals surface area contributed by atoms with Gasteiger partial charge in [-0.25, -0.2) is 4.98 Å². The lowest BCUT2D eigenvalue weighted by Crippen LogP contribution is -2.47. The Morgan fingerprint density at radius 1 is 1.11 bits per heavy atom. The lowest BCUT2D eigenvalue weighted by Gasteiger charge is -2.30. The maximum Gasteiger partial charge on any atom is 0.262 e. The smallest absolute Gasteiger partial charge is 0.262 e. The summed E-state index contributed by atoms with van der Waals surface area (Å²) in [6.45, 7) is 1.04. The van der Waals surface area contributed by atoms with Crippen molar-refractivity contribution in [3.8, 4) is 0 Å². The third-order valence-corrected chi connectivity index (χ3v) is 5.56. The van der Waals surface area contributed by atoms with Crippen LogP contribution in [-0.4, -0.2) is 29.9 Å². The Balaban J connectivity index is 1.29. The number of hydrazine groups is 1. The highest BCUT2D eigenvalue weighted by Crippen LogP contribution is 2.26. The first-order chi connectivity index (χ1) is 13.7. The number of nitrogens with zero attached hydrogens (tertiary/aromatic N) is 2. The van der Waals surface area contributed by atoms with Crippen LogP contribution in [0.2, 0.25) is 0 Å². The fourth-order valence-electron chi connectivity index (χ4n) is 3.27. The third-order valence-electron chi connectivity index (χ3n) is 4.55. The Labute approximate surface area is 166 Å². The number of carbonyl (C=O) groups is 2. The topological polar surface area (TPSA) is 74.3 Å². The van der Waals surface area contributed by atoms with Crippen LogP contribution in [0.5, 0.6) is 0 Å². The number of anilines is 1. The molecule has 0 bridgehead atoms. The SMILES string of the molecule is O=C(/C=C/c1nc2ccccc2s1)NNC(=O)CN1CCCc2ccccc21. The quantitative estimate of drug-likeness (QED) is 0.529. The fourth-order valence-corrected chi connectivity index (χ4v) is 4.14. The molecule has 2 N–H and O–H groups in total. The van der Waals surface area contributed by atoms with E-state index in [9.17, 15) is 9.59 Å². The predicted molar refractivity (Wildman–Crippen MR) is 112 cm³/mol. The molecule has 2 heterocycles. The van der Waals surface area contributed by atoms with Gasteiger partial charge in [-0.2, -0.15) is 0 Å². The molecule has 142 valence electrons. The van der Waals surface area contributed by atoms with Crippen LogP contribution >= 0.6 is 11.3 Å². The van der Waals surface area contributed by atoms with E-state index in [1.807, 2.05) is 47.4 Å². The summed E-state index contributed by atoms with van der Waals surface area (Å²) in [6, 6.07) is 15.9. The van der Waals surface area contributed by atoms with E-state index in [-0.39, 0.29) is 12.5 Å². The van der Waals surface area contributed by atoms with Gasteiger partial charge in [0.25, 0.3) is 11.8 Å². The second-order valence-electron chi connectivity index (χ2n) is 6.54. The lowest BCUT2D eigenvalue weighted by molar-refractivity contribution is -0.125. The molecule has 1 aliphatic rings. The maximum absolute atomic E-state index is 12.2. The van der Waals surface area contributed by atoms with Gasteiger partial charge < -0.3 is 4.90 Å². The van der Waals surface area contributed by atoms with Crippen molar-refractivity contribution in [1.82, 2.24) is 15.8 Å². The first-order valence-electron chi connectivity index (χ1n) is 9.14. The molecule has 4 rings (SSSR count). The second kappa shape index (κ2) is 8.22. The van der Waals surface area contributed by atoms with Crippen molar-refractivity contribution < 1.29 is 9.59 Å². The fraction of sp³-hybridized carbons (Fsp3) is 0.190. The van der Waals surface area contributed by atoms with Crippen LogP contribution in [0.4, 0.5) is 5.69 Å². The molecule has 0 radical (unpaired) electrons. The minimum Gasteiger partial charge on any atom is -0.362 e. The zero-order chi connectivity index (χ0) is 19.3. The molecule has 0 saturated heterocycles. The summed E-state index contributed by atoms with van der Waals surface area (Å²) in [4.78, 5) is 30.7. The Morgan fingerprint density at radius 2 is 1.93 bits per heavy atom. The first-order valence-corrected chi connectivity index (χ1v) is 9.96. The van der Waals surface area contributed by atoms with E-state index in [4.69, 9.17) is 0 Å². The molecule has 1 aromatic heterocycles. The van der Waals surface area contributed by atoms with Crippen molar-refractivity contribution in [1.29, 1.82) is 0 Å². The van der Waals surface area contributed by atoms with Crippen molar-refractivity contribution in [2.75, 3.05) is 18.0 Å². The maximum atomic E-state index is 12.2. The molecular formula is C21H20N4O2S. The number of fused-ring (bicyclic) bond motifs is 2. The van der Waals surface area contributed by atoms with Gasteiger partial charge in [-0.15, -0.1) is 11.3 Å². The summed E-state index contributed by atoms with van der Waals surface area (Å²) in [5, 5.41) is 0.743. The number of carbonyl (C=O) groups excluding carboxylic acids is 2. The van der Waals surface area contributed by atoms with Gasteiger partial charge in [-0.3, -0.25) is 20.4 Å². The summed E-state index contributed by atoms with van der Waals surface area (Å²) < 4.78 is 1.07. The number of aryl methyl sites for hydroxylation is 1. The molecule has 6 nitrogen and oxygen atoms in total. The van der Waals surface area contributed by atoms with Crippen LogP contribution in [0, 0.1) is 0 Å². The van der Waals surface area contributed by atoms with Gasteiger partial charge >= 0.3 is 0 Å². The predicted octanol–water partition coefficient (Wildman–Crippen LogP) is 2.91. The van der Waals surface area contributed by atoms with E-state index in [2.05, 4.69) is 21.9 Å². The molecule has 0 aliphatic carbocycles. The van der Waals surface area contributed by atoms with Gasteiger partial charge in [0.15, 0.2) is 0 Å². The largest absolute Gasteiger partial charge is 0.362 e. The zero-order valence-electron chi connectivity index (χ0n) is 15.2. The highest BCUT2D eigenvalue weighted by Gasteiger charge is 2.18. The number of hydrogen-bond donors (Lipinski definition) is 2. The van der Waals surface area contributed by atoms with Gasteiger partial charge in [0.1, 0.15) is 5.01 Å². The average molecular weight is 392 g/mol. The van der Waals surface area contributed by atoms with E-state index in [1.165, 1.54) is 23.0 Å². The molecule has 2 amide bonds. The minimum absolute atomic E-state index is 0.207. The summed E-state index contributed by atoms with van der Waals surface area (Å²) in [5.41, 5.74) is 8.15. The molecule has 0 fully saturated rings. The van der Waals surface area contributed by atoms with Crippen LogP contribution in [0.25, 0.3) is 16.3 Å². The highest BCUT2D eigenvalue weighted by atomic mass is 32.1. The van der Waals surface area contributed by atoms with Gasteiger partial charge in [0.2, 0.25) is 0 Å². The Hall–Kier alpha value is -3.19. The van der Waals surface area contributed by atoms with Crippen LogP contribution < -0.4 is 15.8 Å². The molecule has 0 unspecified atom stereocenters. The molecule has 28 heavy (non-hydrogen) atoms. The molecule has 0 atom stereocenters. The van der Waals surface area contributed by atoms with Crippen molar-refractivity contribution in [2.24, 2.45) is 0 Å². The van der Waals surface area contributed by atoms with E-state index in [1.54, 1.807) is 6.08 Å². The second-order valence-corrected chi connectivity index (χ2v) is 7.61. The number of para-hydroxylation sites is 2. The summed E-state index contributed by atoms with van der Waals surface area (Å²) in [7, 11) is 0. The number of aromatic nitrogens is 1. The molecule has 1 aliphatic heterocycles. The van der Waals surface area contributed by atoms with Crippen molar-refractivity contribution >= 4 is 45.1 Å². The molecule has 3 aromatic rings. The van der Waals surface area contributed by atoms with Crippen LogP contribution in [0.1, 0.15) is 17.0 Å². The molecule has 2 aromatic carbocycles. The van der Waals surface area contributed by atoms with E-state index >= 15 is 0 Å². The molecule has 0 saturated carbocycles. The standard InChI is InChI=1S/C21H20N4O2S/c26-19(11-12-21-22-16-8-2-4-10-18(16)28-21)23-24-20(27)14-25-13-5-7-15-6-1-3-9-17(15)25/h1-4,6,8-12H,5,7,13-14H2,(H,23,26)(H,24,27)/b12-11+. The van der Waals surface area contributed by atoms with E-state index in [0.717, 1.165) is 40.3 Å². The molecule has 7 heteroatoms. The van der Waals surface area contributed by atoms with Crippen molar-refractivity contribution in [3.05, 3.63) is 65.2 Å². The van der Waals surface area contributed by atoms with Crippen molar-refractivity contribution in [3.63, 3.8) is 0 Å². The van der Waals surface area contributed by atoms with Crippen LogP contribution in [0.3, 0.4) is 0 Å². The lowest BCUT2D eigenvalue weighted by atomic mass is 10.0. The summed E-state index contributed by atoms with van der Waals surface area (Å²) >= 11 is 1.51. The summed E-state index contributed by atoms with van der Waals surface area (Å²) in [5.74, 6) is -0.648. The van der Waals surface area contributed by atoms with Gasteiger partial charge in [-0.05, 0) is 42.7 Å². The van der Waals surface area contributed by atoms with Gasteiger partial charge in [0.05, 0.1) is 16.8 Å². The monoisotopic (exact) mass is 392 g/mol. The number of hydrogen-bond acceptors (Lipinski definition) is 5. The van der Waals surface area contributed by atoms with Crippen LogP contribution in [-0.2, 0) is 16.0 Å². The average Bonchev–Trinajstić information content (AvgIpc) is 3.14. The van der Waals surface area contributed by atoms with Gasteiger partial charge in [0, 0.05) is 18.3 Å². The van der Waals surface area contributed by atoms with Gasteiger partial charge in [-0.1, -0.05) is 30.3 Å². The minimum atomic E-state index is -0.397. The highest BCUT2D eigenvalue weighted by molar-refractivity contribution is 7.19. The molecule has 0 spiro atoms.